The number of carbonyl (C=O) groups excluding carboxylic acids is 1. The first-order valence-electron chi connectivity index (χ1n) is 5.23. The third-order valence-corrected chi connectivity index (χ3v) is 2.09. The first kappa shape index (κ1) is 15.8. The molecular formula is C11H18F2O4. The molecule has 1 N–H and O–H groups in total. The molecule has 0 aliphatic rings. The van der Waals surface area contributed by atoms with Crippen LogP contribution in [0.4, 0.5) is 8.78 Å². The van der Waals surface area contributed by atoms with Crippen molar-refractivity contribution in [3.05, 3.63) is 0 Å². The van der Waals surface area contributed by atoms with Crippen molar-refractivity contribution in [1.29, 1.82) is 0 Å². The molecule has 6 heteroatoms. The number of hydrogen-bond donors (Lipinski definition) is 1. The summed E-state index contributed by atoms with van der Waals surface area (Å²) in [5, 5.41) is 8.43. The lowest BCUT2D eigenvalue weighted by Crippen LogP contribution is -2.48. The summed E-state index contributed by atoms with van der Waals surface area (Å²) in [5.41, 5.74) is -0.957. The zero-order valence-corrected chi connectivity index (χ0v) is 10.6. The number of esters is 1. The molecule has 0 fully saturated rings. The molecule has 1 unspecified atom stereocenters. The molecule has 0 amide bonds. The number of carboxylic acids is 1. The van der Waals surface area contributed by atoms with Crippen LogP contribution in [0, 0.1) is 11.3 Å². The first-order valence-corrected chi connectivity index (χ1v) is 5.23. The largest absolute Gasteiger partial charge is 0.477 e. The highest BCUT2D eigenvalue weighted by Crippen LogP contribution is 2.29. The van der Waals surface area contributed by atoms with E-state index in [1.807, 2.05) is 0 Å². The molecule has 0 saturated heterocycles. The van der Waals surface area contributed by atoms with E-state index in [2.05, 4.69) is 4.74 Å². The van der Waals surface area contributed by atoms with Crippen LogP contribution >= 0.6 is 0 Å². The topological polar surface area (TPSA) is 63.6 Å². The standard InChI is InChI=1S/C11H18F2O4/c1-6(2)7(11(12,13)8(14)15)17-9(16)10(3,4)5/h6-7H,1-5H3,(H,14,15). The van der Waals surface area contributed by atoms with E-state index in [-0.39, 0.29) is 0 Å². The molecule has 100 valence electrons. The maximum absolute atomic E-state index is 13.3. The molecule has 4 nitrogen and oxygen atoms in total. The normalized spacial score (nSPS) is 14.6. The van der Waals surface area contributed by atoms with Gasteiger partial charge in [0, 0.05) is 0 Å². The van der Waals surface area contributed by atoms with Gasteiger partial charge in [-0.2, -0.15) is 8.78 Å². The zero-order chi connectivity index (χ0) is 14.0. The molecule has 0 saturated carbocycles. The lowest BCUT2D eigenvalue weighted by Gasteiger charge is -2.29. The fourth-order valence-corrected chi connectivity index (χ4v) is 1.04. The van der Waals surface area contributed by atoms with E-state index in [1.165, 1.54) is 34.6 Å². The predicted octanol–water partition coefficient (Wildman–Crippen LogP) is 2.32. The smallest absolute Gasteiger partial charge is 0.378 e. The summed E-state index contributed by atoms with van der Waals surface area (Å²) in [6.07, 6.45) is -1.97. The van der Waals surface area contributed by atoms with Crippen LogP contribution in [0.3, 0.4) is 0 Å². The summed E-state index contributed by atoms with van der Waals surface area (Å²) in [6.45, 7) is 7.26. The second kappa shape index (κ2) is 4.98. The van der Waals surface area contributed by atoms with Crippen molar-refractivity contribution in [2.75, 3.05) is 0 Å². The molecule has 0 bridgehead atoms. The minimum Gasteiger partial charge on any atom is -0.477 e. The number of hydrogen-bond acceptors (Lipinski definition) is 3. The lowest BCUT2D eigenvalue weighted by atomic mass is 9.95. The van der Waals surface area contributed by atoms with Gasteiger partial charge in [-0.1, -0.05) is 13.8 Å². The highest BCUT2D eigenvalue weighted by molar-refractivity contribution is 5.79. The fourth-order valence-electron chi connectivity index (χ4n) is 1.04. The molecule has 0 aliphatic carbocycles. The van der Waals surface area contributed by atoms with Crippen molar-refractivity contribution in [1.82, 2.24) is 0 Å². The lowest BCUT2D eigenvalue weighted by molar-refractivity contribution is -0.203. The Hall–Kier alpha value is -1.20. The molecule has 0 spiro atoms. The summed E-state index contributed by atoms with van der Waals surface area (Å²) in [5.74, 6) is -8.03. The van der Waals surface area contributed by atoms with Gasteiger partial charge in [0.25, 0.3) is 0 Å². The zero-order valence-electron chi connectivity index (χ0n) is 10.6. The fraction of sp³-hybridized carbons (Fsp3) is 0.818. The van der Waals surface area contributed by atoms with Crippen molar-refractivity contribution in [2.24, 2.45) is 11.3 Å². The summed E-state index contributed by atoms with van der Waals surface area (Å²) in [6, 6.07) is 0. The summed E-state index contributed by atoms with van der Waals surface area (Å²) in [7, 11) is 0. The number of aliphatic carboxylic acids is 1. The van der Waals surface area contributed by atoms with Crippen molar-refractivity contribution in [3.8, 4) is 0 Å². The number of ether oxygens (including phenoxy) is 1. The third kappa shape index (κ3) is 3.94. The molecular weight excluding hydrogens is 234 g/mol. The highest BCUT2D eigenvalue weighted by atomic mass is 19.3. The average molecular weight is 252 g/mol. The van der Waals surface area contributed by atoms with E-state index < -0.39 is 35.3 Å². The Morgan fingerprint density at radius 2 is 1.59 bits per heavy atom. The van der Waals surface area contributed by atoms with Gasteiger partial charge in [0.2, 0.25) is 0 Å². The predicted molar refractivity (Wildman–Crippen MR) is 56.8 cm³/mol. The van der Waals surface area contributed by atoms with Gasteiger partial charge in [0.1, 0.15) is 0 Å². The Balaban J connectivity index is 5.04. The van der Waals surface area contributed by atoms with Gasteiger partial charge in [-0.05, 0) is 26.7 Å². The monoisotopic (exact) mass is 252 g/mol. The molecule has 0 aliphatic heterocycles. The van der Waals surface area contributed by atoms with Gasteiger partial charge in [-0.3, -0.25) is 4.79 Å². The number of alkyl halides is 2. The molecule has 1 atom stereocenters. The molecule has 0 radical (unpaired) electrons. The Labute approximate surface area is 99.0 Å². The van der Waals surface area contributed by atoms with Crippen molar-refractivity contribution < 1.29 is 28.2 Å². The quantitative estimate of drug-likeness (QED) is 0.780. The van der Waals surface area contributed by atoms with Crippen molar-refractivity contribution >= 4 is 11.9 Å². The Kier molecular flexibility index (Phi) is 4.62. The van der Waals surface area contributed by atoms with Crippen molar-refractivity contribution in [3.63, 3.8) is 0 Å². The van der Waals surface area contributed by atoms with Crippen LogP contribution in [0.5, 0.6) is 0 Å². The summed E-state index contributed by atoms with van der Waals surface area (Å²) < 4.78 is 31.3. The second-order valence-electron chi connectivity index (χ2n) is 5.25. The molecule has 0 heterocycles. The van der Waals surface area contributed by atoms with Crippen LogP contribution in [0.25, 0.3) is 0 Å². The molecule has 0 aromatic heterocycles. The maximum atomic E-state index is 13.3. The summed E-state index contributed by atoms with van der Waals surface area (Å²) in [4.78, 5) is 22.0. The van der Waals surface area contributed by atoms with Gasteiger partial charge in [-0.15, -0.1) is 0 Å². The number of rotatable bonds is 4. The van der Waals surface area contributed by atoms with Crippen LogP contribution in [0.1, 0.15) is 34.6 Å². The van der Waals surface area contributed by atoms with Crippen molar-refractivity contribution in [2.45, 2.75) is 46.6 Å². The van der Waals surface area contributed by atoms with Crippen LogP contribution < -0.4 is 0 Å². The Morgan fingerprint density at radius 3 is 1.82 bits per heavy atom. The van der Waals surface area contributed by atoms with Gasteiger partial charge >= 0.3 is 17.9 Å². The van der Waals surface area contributed by atoms with E-state index in [0.29, 0.717) is 0 Å². The van der Waals surface area contributed by atoms with Crippen LogP contribution in [-0.4, -0.2) is 29.1 Å². The third-order valence-electron chi connectivity index (χ3n) is 2.09. The Morgan fingerprint density at radius 1 is 1.18 bits per heavy atom. The minimum atomic E-state index is -4.09. The highest BCUT2D eigenvalue weighted by Gasteiger charge is 2.52. The van der Waals surface area contributed by atoms with E-state index >= 15 is 0 Å². The molecule has 0 aromatic rings. The first-order chi connectivity index (χ1) is 7.40. The Bertz CT molecular complexity index is 305. The van der Waals surface area contributed by atoms with E-state index in [0.717, 1.165) is 0 Å². The maximum Gasteiger partial charge on any atom is 0.378 e. The molecule has 0 aromatic carbocycles. The van der Waals surface area contributed by atoms with E-state index in [4.69, 9.17) is 5.11 Å². The van der Waals surface area contributed by atoms with Gasteiger partial charge in [-0.25, -0.2) is 4.79 Å². The van der Waals surface area contributed by atoms with E-state index in [1.54, 1.807) is 0 Å². The number of carboxylic acid groups (broad SMARTS) is 1. The van der Waals surface area contributed by atoms with Crippen LogP contribution in [0.15, 0.2) is 0 Å². The van der Waals surface area contributed by atoms with Gasteiger partial charge in [0.15, 0.2) is 6.10 Å². The van der Waals surface area contributed by atoms with E-state index in [9.17, 15) is 18.4 Å². The van der Waals surface area contributed by atoms with Crippen LogP contribution in [-0.2, 0) is 14.3 Å². The number of carbonyl (C=O) groups is 2. The van der Waals surface area contributed by atoms with Gasteiger partial charge in [0.05, 0.1) is 5.41 Å². The summed E-state index contributed by atoms with van der Waals surface area (Å²) >= 11 is 0. The average Bonchev–Trinajstić information content (AvgIpc) is 2.10. The van der Waals surface area contributed by atoms with Crippen LogP contribution in [0.2, 0.25) is 0 Å². The number of halogens is 2. The molecule has 0 rings (SSSR count). The van der Waals surface area contributed by atoms with Gasteiger partial charge < -0.3 is 9.84 Å². The molecule has 17 heavy (non-hydrogen) atoms. The SMILES string of the molecule is CC(C)C(OC(=O)C(C)(C)C)C(F)(F)C(=O)O. The minimum absolute atomic E-state index is 0.799. The second-order valence-corrected chi connectivity index (χ2v) is 5.25.